The normalized spacial score (nSPS) is 10.0. The average molecular weight is 226 g/mol. The maximum absolute atomic E-state index is 4.12. The van der Waals surface area contributed by atoms with Crippen molar-refractivity contribution in [1.82, 2.24) is 0 Å². The van der Waals surface area contributed by atoms with Crippen LogP contribution in [0.1, 0.15) is 5.56 Å². The van der Waals surface area contributed by atoms with Gasteiger partial charge in [-0.2, -0.15) is 0 Å². The zero-order chi connectivity index (χ0) is 11.2. The Labute approximate surface area is 101 Å². The third-order valence-electron chi connectivity index (χ3n) is 2.34. The summed E-state index contributed by atoms with van der Waals surface area (Å²) in [5.74, 6) is 0.939. The van der Waals surface area contributed by atoms with Gasteiger partial charge in [0.15, 0.2) is 0 Å². The van der Waals surface area contributed by atoms with Crippen molar-refractivity contribution < 1.29 is 0 Å². The highest BCUT2D eigenvalue weighted by Crippen LogP contribution is 2.23. The summed E-state index contributed by atoms with van der Waals surface area (Å²) < 4.78 is 0. The van der Waals surface area contributed by atoms with Gasteiger partial charge in [-0.05, 0) is 23.3 Å². The molecule has 0 spiro atoms. The van der Waals surface area contributed by atoms with E-state index in [0.29, 0.717) is 0 Å². The smallest absolute Gasteiger partial charge is 0.0232 e. The molecule has 0 nitrogen and oxygen atoms in total. The fraction of sp³-hybridized carbons (Fsp3) is 0.0667. The molecule has 0 aromatic heterocycles. The van der Waals surface area contributed by atoms with Crippen LogP contribution in [0.15, 0.2) is 72.1 Å². The topological polar surface area (TPSA) is 0 Å². The average Bonchev–Trinajstić information content (AvgIpc) is 2.38. The predicted octanol–water partition coefficient (Wildman–Crippen LogP) is 4.49. The van der Waals surface area contributed by atoms with Gasteiger partial charge in [0.05, 0.1) is 0 Å². The molecule has 0 saturated carbocycles. The molecule has 0 atom stereocenters. The van der Waals surface area contributed by atoms with Crippen LogP contribution in [0, 0.1) is 0 Å². The molecular formula is C15H14S. The van der Waals surface area contributed by atoms with E-state index in [9.17, 15) is 0 Å². The van der Waals surface area contributed by atoms with Crippen LogP contribution in [0.5, 0.6) is 0 Å². The third-order valence-corrected chi connectivity index (χ3v) is 3.44. The fourth-order valence-electron chi connectivity index (χ4n) is 1.44. The highest BCUT2D eigenvalue weighted by molar-refractivity contribution is 7.99. The molecule has 0 aliphatic carbocycles. The lowest BCUT2D eigenvalue weighted by molar-refractivity contribution is 1.46. The summed E-state index contributed by atoms with van der Waals surface area (Å²) in [6, 6.07) is 20.8. The third kappa shape index (κ3) is 3.01. The molecule has 16 heavy (non-hydrogen) atoms. The Balaban J connectivity index is 1.95. The van der Waals surface area contributed by atoms with Gasteiger partial charge < -0.3 is 0 Å². The summed E-state index contributed by atoms with van der Waals surface area (Å²) in [4.78, 5) is 1.29. The minimum atomic E-state index is 0.939. The minimum Gasteiger partial charge on any atom is -0.121 e. The molecule has 80 valence electrons. The van der Waals surface area contributed by atoms with Crippen LogP contribution in [-0.4, -0.2) is 5.75 Å². The van der Waals surface area contributed by atoms with Gasteiger partial charge in [-0.3, -0.25) is 0 Å². The summed E-state index contributed by atoms with van der Waals surface area (Å²) in [7, 11) is 0. The van der Waals surface area contributed by atoms with Crippen LogP contribution in [0.3, 0.4) is 0 Å². The number of hydrogen-bond donors (Lipinski definition) is 0. The van der Waals surface area contributed by atoms with E-state index >= 15 is 0 Å². The Hall–Kier alpha value is -1.47. The SMILES string of the molecule is C=C(CSc1ccccc1)c1ccccc1. The van der Waals surface area contributed by atoms with Gasteiger partial charge in [-0.1, -0.05) is 55.1 Å². The van der Waals surface area contributed by atoms with Gasteiger partial charge in [0.25, 0.3) is 0 Å². The van der Waals surface area contributed by atoms with Crippen molar-refractivity contribution in [2.45, 2.75) is 4.90 Å². The molecular weight excluding hydrogens is 212 g/mol. The van der Waals surface area contributed by atoms with Crippen LogP contribution in [-0.2, 0) is 0 Å². The Bertz CT molecular complexity index is 445. The van der Waals surface area contributed by atoms with Crippen LogP contribution >= 0.6 is 11.8 Å². The Kier molecular flexibility index (Phi) is 3.84. The zero-order valence-electron chi connectivity index (χ0n) is 9.10. The van der Waals surface area contributed by atoms with Gasteiger partial charge in [-0.15, -0.1) is 11.8 Å². The van der Waals surface area contributed by atoms with Crippen LogP contribution in [0.2, 0.25) is 0 Å². The van der Waals surface area contributed by atoms with Crippen molar-refractivity contribution in [1.29, 1.82) is 0 Å². The standard InChI is InChI=1S/C15H14S/c1-13(14-8-4-2-5-9-14)12-16-15-10-6-3-7-11-15/h2-11H,1,12H2. The molecule has 0 saturated heterocycles. The second-order valence-electron chi connectivity index (χ2n) is 3.57. The molecule has 2 aromatic rings. The van der Waals surface area contributed by atoms with E-state index in [4.69, 9.17) is 0 Å². The van der Waals surface area contributed by atoms with Crippen molar-refractivity contribution in [3.05, 3.63) is 72.8 Å². The summed E-state index contributed by atoms with van der Waals surface area (Å²) in [6.07, 6.45) is 0. The van der Waals surface area contributed by atoms with Crippen LogP contribution in [0.4, 0.5) is 0 Å². The lowest BCUT2D eigenvalue weighted by Crippen LogP contribution is -1.85. The first-order chi connectivity index (χ1) is 7.86. The maximum Gasteiger partial charge on any atom is 0.0232 e. The van der Waals surface area contributed by atoms with Gasteiger partial charge in [0, 0.05) is 10.6 Å². The van der Waals surface area contributed by atoms with E-state index in [-0.39, 0.29) is 0 Å². The molecule has 1 heteroatoms. The second kappa shape index (κ2) is 5.57. The van der Waals surface area contributed by atoms with Gasteiger partial charge in [0.2, 0.25) is 0 Å². The number of hydrogen-bond acceptors (Lipinski definition) is 1. The van der Waals surface area contributed by atoms with E-state index in [0.717, 1.165) is 5.75 Å². The minimum absolute atomic E-state index is 0.939. The lowest BCUT2D eigenvalue weighted by atomic mass is 10.1. The van der Waals surface area contributed by atoms with Gasteiger partial charge in [0.1, 0.15) is 0 Å². The molecule has 0 heterocycles. The molecule has 2 aromatic carbocycles. The summed E-state index contributed by atoms with van der Waals surface area (Å²) >= 11 is 1.82. The molecule has 0 amide bonds. The summed E-state index contributed by atoms with van der Waals surface area (Å²) in [5, 5.41) is 0. The van der Waals surface area contributed by atoms with E-state index < -0.39 is 0 Å². The van der Waals surface area contributed by atoms with Crippen LogP contribution < -0.4 is 0 Å². The largest absolute Gasteiger partial charge is 0.121 e. The molecule has 0 aliphatic heterocycles. The Morgan fingerprint density at radius 3 is 2.06 bits per heavy atom. The molecule has 0 radical (unpaired) electrons. The Morgan fingerprint density at radius 2 is 1.44 bits per heavy atom. The van der Waals surface area contributed by atoms with Crippen molar-refractivity contribution >= 4 is 17.3 Å². The first-order valence-corrected chi connectivity index (χ1v) is 6.26. The Morgan fingerprint density at radius 1 is 0.875 bits per heavy atom. The molecule has 0 N–H and O–H groups in total. The van der Waals surface area contributed by atoms with Crippen molar-refractivity contribution in [2.75, 3.05) is 5.75 Å². The van der Waals surface area contributed by atoms with E-state index in [1.54, 1.807) is 0 Å². The molecule has 2 rings (SSSR count). The van der Waals surface area contributed by atoms with Crippen molar-refractivity contribution in [2.24, 2.45) is 0 Å². The highest BCUT2D eigenvalue weighted by atomic mass is 32.2. The van der Waals surface area contributed by atoms with E-state index in [2.05, 4.69) is 43.0 Å². The first-order valence-electron chi connectivity index (χ1n) is 5.27. The quantitative estimate of drug-likeness (QED) is 0.692. The highest BCUT2D eigenvalue weighted by Gasteiger charge is 1.99. The number of rotatable bonds is 4. The van der Waals surface area contributed by atoms with E-state index in [1.165, 1.54) is 16.0 Å². The zero-order valence-corrected chi connectivity index (χ0v) is 9.91. The molecule has 0 aliphatic rings. The van der Waals surface area contributed by atoms with Gasteiger partial charge >= 0.3 is 0 Å². The number of thioether (sulfide) groups is 1. The molecule has 0 bridgehead atoms. The van der Waals surface area contributed by atoms with Gasteiger partial charge in [-0.25, -0.2) is 0 Å². The van der Waals surface area contributed by atoms with Crippen molar-refractivity contribution in [3.63, 3.8) is 0 Å². The fourth-order valence-corrected chi connectivity index (χ4v) is 2.30. The molecule has 0 fully saturated rings. The summed E-state index contributed by atoms with van der Waals surface area (Å²) in [6.45, 7) is 4.12. The van der Waals surface area contributed by atoms with Crippen LogP contribution in [0.25, 0.3) is 5.57 Å². The lowest BCUT2D eigenvalue weighted by Gasteiger charge is -2.05. The van der Waals surface area contributed by atoms with Crippen molar-refractivity contribution in [3.8, 4) is 0 Å². The molecule has 0 unspecified atom stereocenters. The van der Waals surface area contributed by atoms with E-state index in [1.807, 2.05) is 36.0 Å². The maximum atomic E-state index is 4.12. The monoisotopic (exact) mass is 226 g/mol. The summed E-state index contributed by atoms with van der Waals surface area (Å²) in [5.41, 5.74) is 2.40. The second-order valence-corrected chi connectivity index (χ2v) is 4.62. The number of benzene rings is 2. The first kappa shape index (κ1) is 11.0. The predicted molar refractivity (Wildman–Crippen MR) is 72.6 cm³/mol.